The molecule has 100 valence electrons. The minimum atomic E-state index is -0.895. The standard InChI is InChI=1S/C10HCl3F2I2N2/c11-5-2(1-3(14)18-9(5)16)4-6(12)8(15)19-10(17)7(4)13/h1H. The Kier molecular flexibility index (Phi) is 5.08. The molecule has 0 N–H and O–H groups in total. The quantitative estimate of drug-likeness (QED) is 0.344. The van der Waals surface area contributed by atoms with Gasteiger partial charge in [0, 0.05) is 17.2 Å². The maximum Gasteiger partial charge on any atom is 0.233 e. The van der Waals surface area contributed by atoms with Crippen LogP contribution in [0, 0.1) is 19.3 Å². The second kappa shape index (κ2) is 6.08. The van der Waals surface area contributed by atoms with E-state index in [-0.39, 0.29) is 33.6 Å². The van der Waals surface area contributed by atoms with Gasteiger partial charge >= 0.3 is 0 Å². The Bertz CT molecular complexity index is 656. The second-order valence-electron chi connectivity index (χ2n) is 3.29. The molecule has 0 atom stereocenters. The highest BCUT2D eigenvalue weighted by Gasteiger charge is 2.22. The van der Waals surface area contributed by atoms with Gasteiger partial charge in [0.15, 0.2) is 0 Å². The molecule has 0 bridgehead atoms. The van der Waals surface area contributed by atoms with Gasteiger partial charge < -0.3 is 0 Å². The highest BCUT2D eigenvalue weighted by atomic mass is 127. The highest BCUT2D eigenvalue weighted by molar-refractivity contribution is 14.1. The Balaban J connectivity index is 2.87. The molecule has 2 heterocycles. The van der Waals surface area contributed by atoms with E-state index in [4.69, 9.17) is 34.8 Å². The van der Waals surface area contributed by atoms with Crippen molar-refractivity contribution in [3.63, 3.8) is 0 Å². The molecular weight excluding hydrogens is 546 g/mol. The van der Waals surface area contributed by atoms with Crippen LogP contribution in [0.2, 0.25) is 15.1 Å². The van der Waals surface area contributed by atoms with E-state index < -0.39 is 11.9 Å². The summed E-state index contributed by atoms with van der Waals surface area (Å²) in [7, 11) is 0. The lowest BCUT2D eigenvalue weighted by Crippen LogP contribution is -1.98. The molecular formula is C10HCl3F2I2N2. The Morgan fingerprint density at radius 1 is 0.895 bits per heavy atom. The molecule has 0 saturated carbocycles. The van der Waals surface area contributed by atoms with Gasteiger partial charge in [-0.3, -0.25) is 0 Å². The van der Waals surface area contributed by atoms with Crippen LogP contribution in [0.5, 0.6) is 0 Å². The van der Waals surface area contributed by atoms with Crippen molar-refractivity contribution in [2.24, 2.45) is 0 Å². The van der Waals surface area contributed by atoms with E-state index in [1.165, 1.54) is 0 Å². The molecule has 2 aromatic heterocycles. The fraction of sp³-hybridized carbons (Fsp3) is 0. The first-order valence-electron chi connectivity index (χ1n) is 4.54. The number of pyridine rings is 2. The summed E-state index contributed by atoms with van der Waals surface area (Å²) in [5.74, 6) is -1.66. The Hall–Kier alpha value is 0.490. The predicted octanol–water partition coefficient (Wildman–Crippen LogP) is 5.59. The van der Waals surface area contributed by atoms with E-state index >= 15 is 0 Å². The molecule has 2 rings (SSSR count). The lowest BCUT2D eigenvalue weighted by molar-refractivity contribution is 0.578. The summed E-state index contributed by atoms with van der Waals surface area (Å²) in [5.41, 5.74) is 0.275. The van der Waals surface area contributed by atoms with E-state index in [1.807, 2.05) is 0 Å². The minimum absolute atomic E-state index is 0.101. The smallest absolute Gasteiger partial charge is 0.212 e. The van der Waals surface area contributed by atoms with Gasteiger partial charge in [0.1, 0.15) is 12.4 Å². The van der Waals surface area contributed by atoms with Crippen LogP contribution < -0.4 is 0 Å². The van der Waals surface area contributed by atoms with Crippen molar-refractivity contribution in [1.82, 2.24) is 9.97 Å². The van der Waals surface area contributed by atoms with Crippen LogP contribution in [-0.2, 0) is 0 Å². The molecule has 0 fully saturated rings. The largest absolute Gasteiger partial charge is 0.233 e. The van der Waals surface area contributed by atoms with Gasteiger partial charge in [-0.1, -0.05) is 34.8 Å². The molecule has 0 radical (unpaired) electrons. The number of aromatic nitrogens is 2. The summed E-state index contributed by atoms with van der Waals surface area (Å²) < 4.78 is 27.4. The molecule has 0 aliphatic heterocycles. The zero-order valence-corrected chi connectivity index (χ0v) is 15.2. The number of nitrogens with zero attached hydrogens (tertiary/aromatic N) is 2. The number of hydrogen-bond acceptors (Lipinski definition) is 2. The highest BCUT2D eigenvalue weighted by Crippen LogP contribution is 2.41. The van der Waals surface area contributed by atoms with Crippen LogP contribution in [0.4, 0.5) is 8.78 Å². The van der Waals surface area contributed by atoms with Gasteiger partial charge in [-0.25, -0.2) is 9.97 Å². The summed E-state index contributed by atoms with van der Waals surface area (Å²) in [4.78, 5) is 7.09. The van der Waals surface area contributed by atoms with Crippen LogP contribution in [0.25, 0.3) is 11.1 Å². The van der Waals surface area contributed by atoms with Crippen molar-refractivity contribution in [3.05, 3.63) is 40.4 Å². The topological polar surface area (TPSA) is 25.8 Å². The normalized spacial score (nSPS) is 10.9. The number of hydrogen-bond donors (Lipinski definition) is 0. The SMILES string of the molecule is Fc1cc(-c2c(Cl)c(F)nc(I)c2Cl)c(Cl)c(I)n1. The van der Waals surface area contributed by atoms with Crippen molar-refractivity contribution in [3.8, 4) is 11.1 Å². The van der Waals surface area contributed by atoms with Gasteiger partial charge in [-0.15, -0.1) is 0 Å². The first-order chi connectivity index (χ1) is 8.82. The van der Waals surface area contributed by atoms with Crippen molar-refractivity contribution in [2.75, 3.05) is 0 Å². The summed E-state index contributed by atoms with van der Waals surface area (Å²) in [6, 6.07) is 1.05. The van der Waals surface area contributed by atoms with Crippen molar-refractivity contribution < 1.29 is 8.78 Å². The zero-order chi connectivity index (χ0) is 14.3. The molecule has 0 aromatic carbocycles. The maximum absolute atomic E-state index is 13.6. The number of halogens is 7. The third-order valence-electron chi connectivity index (χ3n) is 2.15. The Morgan fingerprint density at radius 2 is 1.47 bits per heavy atom. The summed E-state index contributed by atoms with van der Waals surface area (Å²) in [6.07, 6.45) is 0. The van der Waals surface area contributed by atoms with Crippen molar-refractivity contribution in [1.29, 1.82) is 0 Å². The Morgan fingerprint density at radius 3 is 2.11 bits per heavy atom. The molecule has 0 unspecified atom stereocenters. The third-order valence-corrected chi connectivity index (χ3v) is 5.45. The van der Waals surface area contributed by atoms with Crippen LogP contribution >= 0.6 is 80.0 Å². The van der Waals surface area contributed by atoms with Gasteiger partial charge in [-0.05, 0) is 45.2 Å². The molecule has 0 aliphatic rings. The maximum atomic E-state index is 13.6. The molecule has 0 spiro atoms. The van der Waals surface area contributed by atoms with E-state index in [9.17, 15) is 8.78 Å². The zero-order valence-electron chi connectivity index (χ0n) is 8.62. The van der Waals surface area contributed by atoms with Gasteiger partial charge in [0.05, 0.1) is 10.0 Å². The second-order valence-corrected chi connectivity index (χ2v) is 6.47. The first kappa shape index (κ1) is 15.9. The van der Waals surface area contributed by atoms with Crippen LogP contribution in [0.15, 0.2) is 6.07 Å². The summed E-state index contributed by atoms with van der Waals surface area (Å²) >= 11 is 21.5. The van der Waals surface area contributed by atoms with Crippen LogP contribution in [0.1, 0.15) is 0 Å². The fourth-order valence-electron chi connectivity index (χ4n) is 1.37. The number of rotatable bonds is 1. The van der Waals surface area contributed by atoms with Gasteiger partial charge in [0.25, 0.3) is 0 Å². The van der Waals surface area contributed by atoms with E-state index in [2.05, 4.69) is 9.97 Å². The van der Waals surface area contributed by atoms with E-state index in [0.717, 1.165) is 6.07 Å². The van der Waals surface area contributed by atoms with Gasteiger partial charge in [-0.2, -0.15) is 8.78 Å². The molecule has 2 nitrogen and oxygen atoms in total. The Labute approximate surface area is 149 Å². The molecule has 19 heavy (non-hydrogen) atoms. The van der Waals surface area contributed by atoms with Gasteiger partial charge in [0.2, 0.25) is 11.9 Å². The van der Waals surface area contributed by atoms with E-state index in [0.29, 0.717) is 0 Å². The predicted molar refractivity (Wildman–Crippen MR) is 87.8 cm³/mol. The first-order valence-corrected chi connectivity index (χ1v) is 7.84. The molecule has 0 saturated heterocycles. The fourth-order valence-corrected chi connectivity index (χ4v) is 3.09. The molecule has 9 heteroatoms. The van der Waals surface area contributed by atoms with Crippen molar-refractivity contribution >= 4 is 80.0 Å². The average Bonchev–Trinajstić information content (AvgIpc) is 2.33. The molecule has 0 aliphatic carbocycles. The third kappa shape index (κ3) is 3.07. The van der Waals surface area contributed by atoms with Crippen LogP contribution in [0.3, 0.4) is 0 Å². The summed E-state index contributed by atoms with van der Waals surface area (Å²) in [5, 5.41) is -0.0591. The average molecular weight is 547 g/mol. The monoisotopic (exact) mass is 546 g/mol. The van der Waals surface area contributed by atoms with E-state index in [1.54, 1.807) is 45.2 Å². The summed E-state index contributed by atoms with van der Waals surface area (Å²) in [6.45, 7) is 0. The minimum Gasteiger partial charge on any atom is -0.212 e. The van der Waals surface area contributed by atoms with Crippen molar-refractivity contribution in [2.45, 2.75) is 0 Å². The molecule has 0 amide bonds. The van der Waals surface area contributed by atoms with Crippen LogP contribution in [-0.4, -0.2) is 9.97 Å². The lowest BCUT2D eigenvalue weighted by Gasteiger charge is -2.11. The lowest BCUT2D eigenvalue weighted by atomic mass is 10.1. The molecule has 2 aromatic rings.